The third-order valence-electron chi connectivity index (χ3n) is 8.13. The summed E-state index contributed by atoms with van der Waals surface area (Å²) in [6.07, 6.45) is 7.18. The molecule has 2 aromatic rings. The number of amides is 1. The summed E-state index contributed by atoms with van der Waals surface area (Å²) in [6.45, 7) is 18.0. The van der Waals surface area contributed by atoms with Crippen LogP contribution in [0.25, 0.3) is 0 Å². The van der Waals surface area contributed by atoms with Crippen molar-refractivity contribution in [1.82, 2.24) is 25.0 Å². The van der Waals surface area contributed by atoms with Gasteiger partial charge in [0.15, 0.2) is 5.82 Å². The number of anilines is 2. The molecule has 0 aromatic carbocycles. The Bertz CT molecular complexity index is 1170. The van der Waals surface area contributed by atoms with Gasteiger partial charge in [-0.1, -0.05) is 39.4 Å². The fraction of sp³-hybridized carbons (Fsp3) is 0.679. The van der Waals surface area contributed by atoms with Crippen LogP contribution in [0.3, 0.4) is 0 Å². The van der Waals surface area contributed by atoms with Crippen LogP contribution in [0.4, 0.5) is 11.8 Å². The number of aromatic nitrogens is 4. The van der Waals surface area contributed by atoms with E-state index in [0.717, 1.165) is 75.9 Å². The molecule has 2 fully saturated rings. The van der Waals surface area contributed by atoms with E-state index in [0.29, 0.717) is 18.2 Å². The monoisotopic (exact) mass is 507 g/mol. The number of likely N-dealkylation sites (tertiary alicyclic amines) is 1. The SMILES string of the molecule is C=CC(=O)N1CC2(CCN(c3nc4c(c(NC(Cc5noc(C)n5)CC(C)C)n3)CCC(C)(C)C4)C2)C1. The number of nitrogens with one attached hydrogen (secondary N) is 1. The summed E-state index contributed by atoms with van der Waals surface area (Å²) in [5, 5.41) is 7.95. The summed E-state index contributed by atoms with van der Waals surface area (Å²) < 4.78 is 5.23. The minimum absolute atomic E-state index is 0.0239. The van der Waals surface area contributed by atoms with Crippen molar-refractivity contribution < 1.29 is 9.32 Å². The largest absolute Gasteiger partial charge is 0.366 e. The molecule has 3 aliphatic rings. The first-order chi connectivity index (χ1) is 17.5. The minimum atomic E-state index is 0.0239. The van der Waals surface area contributed by atoms with Crippen molar-refractivity contribution >= 4 is 17.7 Å². The van der Waals surface area contributed by atoms with Gasteiger partial charge in [0.2, 0.25) is 17.7 Å². The van der Waals surface area contributed by atoms with Crippen LogP contribution in [-0.4, -0.2) is 63.1 Å². The average molecular weight is 508 g/mol. The zero-order valence-electron chi connectivity index (χ0n) is 23.0. The maximum atomic E-state index is 12.0. The smallest absolute Gasteiger partial charge is 0.245 e. The van der Waals surface area contributed by atoms with Crippen LogP contribution in [0.1, 0.15) is 69.9 Å². The molecule has 2 aromatic heterocycles. The minimum Gasteiger partial charge on any atom is -0.366 e. The van der Waals surface area contributed by atoms with Gasteiger partial charge in [-0.2, -0.15) is 9.97 Å². The third-order valence-corrected chi connectivity index (χ3v) is 8.13. The second kappa shape index (κ2) is 9.72. The lowest BCUT2D eigenvalue weighted by molar-refractivity contribution is -0.136. The number of aryl methyl sites for hydroxylation is 1. The molecule has 0 radical (unpaired) electrons. The van der Waals surface area contributed by atoms with E-state index in [1.165, 1.54) is 17.3 Å². The Balaban J connectivity index is 1.41. The van der Waals surface area contributed by atoms with Crippen LogP contribution in [0.5, 0.6) is 0 Å². The van der Waals surface area contributed by atoms with E-state index < -0.39 is 0 Å². The van der Waals surface area contributed by atoms with Gasteiger partial charge in [0, 0.05) is 56.5 Å². The first-order valence-electron chi connectivity index (χ1n) is 13.7. The van der Waals surface area contributed by atoms with Gasteiger partial charge in [0.05, 0.1) is 5.69 Å². The van der Waals surface area contributed by atoms with Crippen molar-refractivity contribution in [2.45, 2.75) is 79.2 Å². The summed E-state index contributed by atoms with van der Waals surface area (Å²) in [7, 11) is 0. The normalized spacial score (nSPS) is 20.6. The highest BCUT2D eigenvalue weighted by Crippen LogP contribution is 2.42. The van der Waals surface area contributed by atoms with Crippen molar-refractivity contribution in [3.8, 4) is 0 Å². The molecule has 2 saturated heterocycles. The Morgan fingerprint density at radius 1 is 1.19 bits per heavy atom. The summed E-state index contributed by atoms with van der Waals surface area (Å²) in [5.74, 6) is 3.62. The van der Waals surface area contributed by atoms with E-state index in [9.17, 15) is 4.79 Å². The first kappa shape index (κ1) is 25.7. The van der Waals surface area contributed by atoms with Crippen LogP contribution >= 0.6 is 0 Å². The quantitative estimate of drug-likeness (QED) is 0.536. The highest BCUT2D eigenvalue weighted by Gasteiger charge is 2.49. The van der Waals surface area contributed by atoms with Gasteiger partial charge >= 0.3 is 0 Å². The van der Waals surface area contributed by atoms with E-state index in [1.807, 2.05) is 11.8 Å². The summed E-state index contributed by atoms with van der Waals surface area (Å²) in [4.78, 5) is 31.0. The first-order valence-corrected chi connectivity index (χ1v) is 13.7. The molecule has 1 N–H and O–H groups in total. The predicted molar refractivity (Wildman–Crippen MR) is 143 cm³/mol. The molecule has 200 valence electrons. The fourth-order valence-electron chi connectivity index (χ4n) is 6.20. The van der Waals surface area contributed by atoms with Crippen LogP contribution in [-0.2, 0) is 24.1 Å². The summed E-state index contributed by atoms with van der Waals surface area (Å²) in [6, 6.07) is 0.147. The molecule has 1 spiro atoms. The second-order valence-electron chi connectivity index (χ2n) is 12.6. The molecule has 9 heteroatoms. The molecule has 2 aliphatic heterocycles. The molecule has 5 rings (SSSR count). The maximum absolute atomic E-state index is 12.0. The van der Waals surface area contributed by atoms with E-state index in [1.54, 1.807) is 0 Å². The lowest BCUT2D eigenvalue weighted by atomic mass is 9.76. The van der Waals surface area contributed by atoms with Crippen molar-refractivity contribution in [3.63, 3.8) is 0 Å². The summed E-state index contributed by atoms with van der Waals surface area (Å²) in [5.41, 5.74) is 2.78. The number of carbonyl (C=O) groups is 1. The van der Waals surface area contributed by atoms with E-state index in [4.69, 9.17) is 14.5 Å². The van der Waals surface area contributed by atoms with Crippen LogP contribution in [0, 0.1) is 23.7 Å². The number of hydrogen-bond donors (Lipinski definition) is 1. The molecule has 0 saturated carbocycles. The van der Waals surface area contributed by atoms with Gasteiger partial charge in [0.25, 0.3) is 0 Å². The molecule has 37 heavy (non-hydrogen) atoms. The van der Waals surface area contributed by atoms with Crippen LogP contribution < -0.4 is 10.2 Å². The molecular weight excluding hydrogens is 466 g/mol. The zero-order chi connectivity index (χ0) is 26.4. The molecule has 1 aliphatic carbocycles. The molecule has 1 unspecified atom stereocenters. The number of fused-ring (bicyclic) bond motifs is 1. The van der Waals surface area contributed by atoms with Gasteiger partial charge in [0.1, 0.15) is 5.82 Å². The average Bonchev–Trinajstić information content (AvgIpc) is 3.42. The van der Waals surface area contributed by atoms with E-state index >= 15 is 0 Å². The lowest BCUT2D eigenvalue weighted by Crippen LogP contribution is -2.59. The van der Waals surface area contributed by atoms with E-state index in [-0.39, 0.29) is 22.8 Å². The zero-order valence-corrected chi connectivity index (χ0v) is 23.0. The van der Waals surface area contributed by atoms with Gasteiger partial charge in [-0.05, 0) is 49.5 Å². The molecule has 9 nitrogen and oxygen atoms in total. The van der Waals surface area contributed by atoms with Gasteiger partial charge in [-0.3, -0.25) is 4.79 Å². The Kier molecular flexibility index (Phi) is 6.75. The van der Waals surface area contributed by atoms with Gasteiger partial charge in [-0.25, -0.2) is 4.98 Å². The van der Waals surface area contributed by atoms with Crippen molar-refractivity contribution in [2.24, 2.45) is 16.7 Å². The lowest BCUT2D eigenvalue weighted by Gasteiger charge is -2.47. The summed E-state index contributed by atoms with van der Waals surface area (Å²) >= 11 is 0. The Morgan fingerprint density at radius 2 is 1.97 bits per heavy atom. The topological polar surface area (TPSA) is 100 Å². The number of rotatable bonds is 8. The number of nitrogens with zero attached hydrogens (tertiary/aromatic N) is 6. The van der Waals surface area contributed by atoms with Crippen LogP contribution in [0.2, 0.25) is 0 Å². The van der Waals surface area contributed by atoms with Gasteiger partial charge < -0.3 is 19.6 Å². The van der Waals surface area contributed by atoms with Crippen molar-refractivity contribution in [1.29, 1.82) is 0 Å². The third kappa shape index (κ3) is 5.50. The van der Waals surface area contributed by atoms with Gasteiger partial charge in [-0.15, -0.1) is 0 Å². The van der Waals surface area contributed by atoms with E-state index in [2.05, 4.69) is 54.6 Å². The molecule has 0 bridgehead atoms. The van der Waals surface area contributed by atoms with Crippen molar-refractivity contribution in [3.05, 3.63) is 35.6 Å². The highest BCUT2D eigenvalue weighted by molar-refractivity contribution is 5.87. The predicted octanol–water partition coefficient (Wildman–Crippen LogP) is 3.98. The standard InChI is InChI=1S/C28H41N7O2/c1-7-24(36)35-16-28(17-35)10-11-34(15-28)26-31-22-14-27(5,6)9-8-21(22)25(32-26)30-20(12-18(2)3)13-23-29-19(4)37-33-23/h7,18,20H,1,8-17H2,2-6H3,(H,30,31,32). The fourth-order valence-corrected chi connectivity index (χ4v) is 6.20. The molecule has 1 atom stereocenters. The maximum Gasteiger partial charge on any atom is 0.245 e. The number of hydrogen-bond acceptors (Lipinski definition) is 8. The Labute approximate surface area is 220 Å². The number of carbonyl (C=O) groups excluding carboxylic acids is 1. The van der Waals surface area contributed by atoms with Crippen LogP contribution in [0.15, 0.2) is 17.2 Å². The van der Waals surface area contributed by atoms with Crippen molar-refractivity contribution in [2.75, 3.05) is 36.4 Å². The molecular formula is C28H41N7O2. The molecule has 1 amide bonds. The Hall–Kier alpha value is -2.97. The second-order valence-corrected chi connectivity index (χ2v) is 12.6. The Morgan fingerprint density at radius 3 is 2.65 bits per heavy atom. The highest BCUT2D eigenvalue weighted by atomic mass is 16.5. The molecule has 4 heterocycles.